The lowest BCUT2D eigenvalue weighted by atomic mass is 10.00. The predicted molar refractivity (Wildman–Crippen MR) is 76.8 cm³/mol. The molecule has 18 heavy (non-hydrogen) atoms. The topological polar surface area (TPSA) is 42.1 Å². The minimum Gasteiger partial charge on any atom is -0.356 e. The fourth-order valence-electron chi connectivity index (χ4n) is 2.57. The van der Waals surface area contributed by atoms with Gasteiger partial charge in [0.25, 0.3) is 0 Å². The molecule has 0 spiro atoms. The molecule has 0 aromatic carbocycles. The molecule has 3 nitrogen and oxygen atoms in total. The molecular weight excluding hydrogens is 222 g/mol. The van der Waals surface area contributed by atoms with Gasteiger partial charge in [-0.2, -0.15) is 0 Å². The van der Waals surface area contributed by atoms with Crippen LogP contribution >= 0.6 is 0 Å². The largest absolute Gasteiger partial charge is 0.356 e. The van der Waals surface area contributed by atoms with Gasteiger partial charge in [0.15, 0.2) is 0 Å². The molecule has 0 saturated carbocycles. The van der Waals surface area contributed by atoms with E-state index in [2.05, 4.69) is 37.8 Å². The Balaban J connectivity index is 2.28. The molecule has 1 aromatic heterocycles. The van der Waals surface area contributed by atoms with Gasteiger partial charge >= 0.3 is 0 Å². The van der Waals surface area contributed by atoms with Crippen molar-refractivity contribution in [2.75, 3.05) is 18.0 Å². The molecule has 1 atom stereocenters. The van der Waals surface area contributed by atoms with Crippen molar-refractivity contribution < 1.29 is 0 Å². The zero-order chi connectivity index (χ0) is 13.1. The predicted octanol–water partition coefficient (Wildman–Crippen LogP) is 2.90. The average Bonchev–Trinajstić information content (AvgIpc) is 2.38. The summed E-state index contributed by atoms with van der Waals surface area (Å²) in [6.45, 7) is 9.54. The van der Waals surface area contributed by atoms with Gasteiger partial charge in [0, 0.05) is 25.3 Å². The number of rotatable bonds is 3. The summed E-state index contributed by atoms with van der Waals surface area (Å²) >= 11 is 0. The fraction of sp³-hybridized carbons (Fsp3) is 0.667. The van der Waals surface area contributed by atoms with Crippen LogP contribution in [0.4, 0.5) is 5.82 Å². The number of pyridine rings is 1. The van der Waals surface area contributed by atoms with Crippen LogP contribution in [0.3, 0.4) is 0 Å². The van der Waals surface area contributed by atoms with Crippen LogP contribution < -0.4 is 10.6 Å². The third-order valence-corrected chi connectivity index (χ3v) is 3.70. The van der Waals surface area contributed by atoms with E-state index < -0.39 is 0 Å². The van der Waals surface area contributed by atoms with Crippen LogP contribution in [-0.2, 0) is 6.54 Å². The van der Waals surface area contributed by atoms with Crippen molar-refractivity contribution in [1.82, 2.24) is 4.98 Å². The van der Waals surface area contributed by atoms with Gasteiger partial charge in [0.2, 0.25) is 0 Å². The summed E-state index contributed by atoms with van der Waals surface area (Å²) in [6, 6.07) is 4.30. The van der Waals surface area contributed by atoms with Crippen LogP contribution in [0.2, 0.25) is 0 Å². The average molecular weight is 247 g/mol. The van der Waals surface area contributed by atoms with Crippen molar-refractivity contribution in [1.29, 1.82) is 0 Å². The molecule has 0 radical (unpaired) electrons. The van der Waals surface area contributed by atoms with Gasteiger partial charge in [-0.3, -0.25) is 0 Å². The lowest BCUT2D eigenvalue weighted by Gasteiger charge is -2.32. The first-order chi connectivity index (χ1) is 8.60. The number of piperidine rings is 1. The third-order valence-electron chi connectivity index (χ3n) is 3.70. The van der Waals surface area contributed by atoms with E-state index in [1.807, 2.05) is 0 Å². The zero-order valence-electron chi connectivity index (χ0n) is 11.8. The molecular formula is C15H25N3. The molecule has 1 unspecified atom stereocenters. The molecule has 0 amide bonds. The maximum atomic E-state index is 5.80. The minimum atomic E-state index is 0.456. The summed E-state index contributed by atoms with van der Waals surface area (Å²) in [5, 5.41) is 0. The van der Waals surface area contributed by atoms with E-state index in [9.17, 15) is 0 Å². The number of anilines is 1. The second kappa shape index (κ2) is 5.70. The summed E-state index contributed by atoms with van der Waals surface area (Å²) in [5.74, 6) is 2.34. The van der Waals surface area contributed by atoms with Crippen molar-refractivity contribution in [2.24, 2.45) is 11.7 Å². The molecule has 1 fully saturated rings. The van der Waals surface area contributed by atoms with E-state index in [4.69, 9.17) is 10.7 Å². The molecule has 2 rings (SSSR count). The number of nitrogens with two attached hydrogens (primary N) is 1. The minimum absolute atomic E-state index is 0.456. The van der Waals surface area contributed by atoms with Gasteiger partial charge in [0.05, 0.1) is 0 Å². The van der Waals surface area contributed by atoms with Gasteiger partial charge in [-0.05, 0) is 42.4 Å². The third kappa shape index (κ3) is 3.02. The van der Waals surface area contributed by atoms with Crippen molar-refractivity contribution in [3.05, 3.63) is 23.4 Å². The summed E-state index contributed by atoms with van der Waals surface area (Å²) in [5.41, 5.74) is 8.15. The van der Waals surface area contributed by atoms with E-state index in [1.165, 1.54) is 18.4 Å². The van der Waals surface area contributed by atoms with Gasteiger partial charge in [-0.1, -0.05) is 20.8 Å². The fourth-order valence-corrected chi connectivity index (χ4v) is 2.57. The van der Waals surface area contributed by atoms with Gasteiger partial charge in [-0.25, -0.2) is 4.98 Å². The first kappa shape index (κ1) is 13.3. The van der Waals surface area contributed by atoms with Crippen LogP contribution in [0.1, 0.15) is 50.8 Å². The SMILES string of the molecule is CC1CCCN(c2cc(CN)cc(C(C)C)n2)C1. The maximum Gasteiger partial charge on any atom is 0.129 e. The zero-order valence-corrected chi connectivity index (χ0v) is 11.8. The molecule has 1 aliphatic rings. The highest BCUT2D eigenvalue weighted by Crippen LogP contribution is 2.24. The Hall–Kier alpha value is -1.09. The highest BCUT2D eigenvalue weighted by molar-refractivity contribution is 5.43. The first-order valence-electron chi connectivity index (χ1n) is 7.06. The van der Waals surface area contributed by atoms with Crippen molar-refractivity contribution in [2.45, 2.75) is 46.1 Å². The van der Waals surface area contributed by atoms with Gasteiger partial charge in [0.1, 0.15) is 5.82 Å². The molecule has 1 aromatic rings. The second-order valence-corrected chi connectivity index (χ2v) is 5.81. The summed E-state index contributed by atoms with van der Waals surface area (Å²) < 4.78 is 0. The molecule has 2 N–H and O–H groups in total. The summed E-state index contributed by atoms with van der Waals surface area (Å²) in [7, 11) is 0. The highest BCUT2D eigenvalue weighted by Gasteiger charge is 2.18. The van der Waals surface area contributed by atoms with Crippen molar-refractivity contribution in [3.63, 3.8) is 0 Å². The molecule has 0 bridgehead atoms. The Morgan fingerprint density at radius 1 is 1.44 bits per heavy atom. The number of hydrogen-bond donors (Lipinski definition) is 1. The van der Waals surface area contributed by atoms with Gasteiger partial charge in [-0.15, -0.1) is 0 Å². The smallest absolute Gasteiger partial charge is 0.129 e. The molecule has 3 heteroatoms. The van der Waals surface area contributed by atoms with Gasteiger partial charge < -0.3 is 10.6 Å². The van der Waals surface area contributed by atoms with Crippen molar-refractivity contribution in [3.8, 4) is 0 Å². The van der Waals surface area contributed by atoms with Crippen LogP contribution in [0.25, 0.3) is 0 Å². The van der Waals surface area contributed by atoms with E-state index in [0.717, 1.165) is 30.5 Å². The van der Waals surface area contributed by atoms with Crippen LogP contribution in [0, 0.1) is 5.92 Å². The van der Waals surface area contributed by atoms with Crippen molar-refractivity contribution >= 4 is 5.82 Å². The molecule has 2 heterocycles. The Kier molecular flexibility index (Phi) is 4.23. The Labute approximate surface area is 110 Å². The number of hydrogen-bond acceptors (Lipinski definition) is 3. The standard InChI is InChI=1S/C15H25N3/c1-11(2)14-7-13(9-16)8-15(17-14)18-6-4-5-12(3)10-18/h7-8,11-12H,4-6,9-10,16H2,1-3H3. The molecule has 1 saturated heterocycles. The molecule has 100 valence electrons. The Morgan fingerprint density at radius 3 is 2.83 bits per heavy atom. The van der Waals surface area contributed by atoms with Crippen LogP contribution in [-0.4, -0.2) is 18.1 Å². The Bertz CT molecular complexity index is 401. The quantitative estimate of drug-likeness (QED) is 0.893. The van der Waals surface area contributed by atoms with E-state index in [1.54, 1.807) is 0 Å². The monoisotopic (exact) mass is 247 g/mol. The highest BCUT2D eigenvalue weighted by atomic mass is 15.2. The lowest BCUT2D eigenvalue weighted by Crippen LogP contribution is -2.35. The number of nitrogens with zero attached hydrogens (tertiary/aromatic N) is 2. The van der Waals surface area contributed by atoms with Crippen LogP contribution in [0.15, 0.2) is 12.1 Å². The summed E-state index contributed by atoms with van der Waals surface area (Å²) in [6.07, 6.45) is 2.61. The number of aromatic nitrogens is 1. The Morgan fingerprint density at radius 2 is 2.22 bits per heavy atom. The maximum absolute atomic E-state index is 5.80. The van der Waals surface area contributed by atoms with E-state index in [0.29, 0.717) is 12.5 Å². The summed E-state index contributed by atoms with van der Waals surface area (Å²) in [4.78, 5) is 7.23. The lowest BCUT2D eigenvalue weighted by molar-refractivity contribution is 0.444. The van der Waals surface area contributed by atoms with E-state index in [-0.39, 0.29) is 0 Å². The normalized spacial score (nSPS) is 20.5. The van der Waals surface area contributed by atoms with E-state index >= 15 is 0 Å². The van der Waals surface area contributed by atoms with Crippen LogP contribution in [0.5, 0.6) is 0 Å². The first-order valence-corrected chi connectivity index (χ1v) is 7.06. The molecule has 1 aliphatic heterocycles. The molecule has 0 aliphatic carbocycles. The second-order valence-electron chi connectivity index (χ2n) is 5.81.